The molecule has 3 heterocycles. The average molecular weight is 618 g/mol. The van der Waals surface area contributed by atoms with Crippen LogP contribution < -0.4 is 5.32 Å². The van der Waals surface area contributed by atoms with E-state index < -0.39 is 17.6 Å². The molecule has 230 valence electrons. The van der Waals surface area contributed by atoms with E-state index in [2.05, 4.69) is 15.4 Å². The van der Waals surface area contributed by atoms with Crippen LogP contribution in [0.2, 0.25) is 0 Å². The smallest absolute Gasteiger partial charge is 0.378 e. The fourth-order valence-electron chi connectivity index (χ4n) is 5.13. The molecule has 5 aromatic rings. The number of morpholine rings is 1. The highest BCUT2D eigenvalue weighted by Gasteiger charge is 2.35. The van der Waals surface area contributed by atoms with Gasteiger partial charge in [0.15, 0.2) is 5.65 Å². The molecule has 1 saturated heterocycles. The van der Waals surface area contributed by atoms with Crippen LogP contribution in [0.3, 0.4) is 0 Å². The lowest BCUT2D eigenvalue weighted by atomic mass is 10.0. The van der Waals surface area contributed by atoms with Crippen LogP contribution in [0.1, 0.15) is 27.0 Å². The Morgan fingerprint density at radius 1 is 0.844 bits per heavy atom. The van der Waals surface area contributed by atoms with Crippen LogP contribution in [-0.2, 0) is 28.5 Å². The molecule has 8 nitrogen and oxygen atoms in total. The molecule has 0 atom stereocenters. The standard InChI is InChI=1S/C33H27F4N5O3/c34-26-9-3-22(4-10-26)18-27(43)17-21-1-5-23(6-2-21)25-8-12-30-39-32(40-42(30)20-25)38-29-11-7-24(19-28(29)33(35,36)37)31(44)41-13-15-45-16-14-41/h1-12,19-20H,13-18H2,(H,38,40). The Labute approximate surface area is 255 Å². The van der Waals surface area contributed by atoms with Gasteiger partial charge < -0.3 is 15.0 Å². The highest BCUT2D eigenvalue weighted by Crippen LogP contribution is 2.37. The van der Waals surface area contributed by atoms with Crippen molar-refractivity contribution in [2.75, 3.05) is 31.6 Å². The van der Waals surface area contributed by atoms with Gasteiger partial charge >= 0.3 is 6.18 Å². The van der Waals surface area contributed by atoms with Crippen LogP contribution in [0.5, 0.6) is 0 Å². The van der Waals surface area contributed by atoms with E-state index in [0.29, 0.717) is 32.0 Å². The van der Waals surface area contributed by atoms with E-state index in [-0.39, 0.29) is 41.6 Å². The summed E-state index contributed by atoms with van der Waals surface area (Å²) in [6, 6.07) is 20.2. The van der Waals surface area contributed by atoms with Crippen molar-refractivity contribution < 1.29 is 31.9 Å². The third-order valence-corrected chi connectivity index (χ3v) is 7.45. The SMILES string of the molecule is O=C(Cc1ccc(F)cc1)Cc1ccc(-c2ccc3nc(Nc4ccc(C(=O)N5CCOCC5)cc4C(F)(F)F)nn3c2)cc1. The Bertz CT molecular complexity index is 1850. The van der Waals surface area contributed by atoms with Gasteiger partial charge in [-0.25, -0.2) is 8.91 Å². The number of anilines is 2. The number of aromatic nitrogens is 3. The number of hydrogen-bond donors (Lipinski definition) is 1. The van der Waals surface area contributed by atoms with Crippen LogP contribution in [-0.4, -0.2) is 57.5 Å². The zero-order valence-electron chi connectivity index (χ0n) is 23.9. The van der Waals surface area contributed by atoms with E-state index >= 15 is 0 Å². The molecular formula is C33H27F4N5O3. The molecule has 1 aliphatic heterocycles. The minimum atomic E-state index is -4.73. The molecule has 0 aliphatic carbocycles. The summed E-state index contributed by atoms with van der Waals surface area (Å²) in [5.74, 6) is -0.874. The van der Waals surface area contributed by atoms with E-state index in [4.69, 9.17) is 4.74 Å². The number of fused-ring (bicyclic) bond motifs is 1. The molecule has 0 unspecified atom stereocenters. The van der Waals surface area contributed by atoms with Gasteiger partial charge in [-0.1, -0.05) is 36.4 Å². The van der Waals surface area contributed by atoms with Crippen molar-refractivity contribution in [3.8, 4) is 11.1 Å². The Hall–Kier alpha value is -5.10. The zero-order chi connectivity index (χ0) is 31.6. The van der Waals surface area contributed by atoms with Gasteiger partial charge in [-0.3, -0.25) is 9.59 Å². The van der Waals surface area contributed by atoms with Crippen molar-refractivity contribution in [3.63, 3.8) is 0 Å². The number of nitrogens with one attached hydrogen (secondary N) is 1. The van der Waals surface area contributed by atoms with Crippen molar-refractivity contribution >= 4 is 29.0 Å². The molecule has 3 aromatic carbocycles. The van der Waals surface area contributed by atoms with Gasteiger partial charge in [-0.15, -0.1) is 5.10 Å². The molecule has 1 N–H and O–H groups in total. The third-order valence-electron chi connectivity index (χ3n) is 7.45. The number of Topliss-reactive ketones (excluding diaryl/α,β-unsaturated/α-hetero) is 1. The first-order valence-corrected chi connectivity index (χ1v) is 14.2. The van der Waals surface area contributed by atoms with Gasteiger partial charge in [-0.2, -0.15) is 18.2 Å². The molecular weight excluding hydrogens is 590 g/mol. The number of hydrogen-bond acceptors (Lipinski definition) is 6. The molecule has 12 heteroatoms. The number of ketones is 1. The molecule has 0 bridgehead atoms. The van der Waals surface area contributed by atoms with Gasteiger partial charge in [0, 0.05) is 43.3 Å². The van der Waals surface area contributed by atoms with Crippen LogP contribution in [0.15, 0.2) is 85.1 Å². The van der Waals surface area contributed by atoms with Crippen molar-refractivity contribution in [3.05, 3.63) is 113 Å². The molecule has 0 saturated carbocycles. The van der Waals surface area contributed by atoms with E-state index in [1.165, 1.54) is 33.7 Å². The summed E-state index contributed by atoms with van der Waals surface area (Å²) in [5, 5.41) is 6.98. The predicted molar refractivity (Wildman–Crippen MR) is 159 cm³/mol. The second-order valence-corrected chi connectivity index (χ2v) is 10.7. The molecule has 0 radical (unpaired) electrons. The largest absolute Gasteiger partial charge is 0.418 e. The first-order chi connectivity index (χ1) is 21.6. The lowest BCUT2D eigenvalue weighted by molar-refractivity contribution is -0.137. The quantitative estimate of drug-likeness (QED) is 0.211. The molecule has 1 fully saturated rings. The number of nitrogens with zero attached hydrogens (tertiary/aromatic N) is 4. The van der Waals surface area contributed by atoms with E-state index in [1.54, 1.807) is 24.4 Å². The molecule has 2 aromatic heterocycles. The number of benzene rings is 3. The van der Waals surface area contributed by atoms with Crippen molar-refractivity contribution in [1.82, 2.24) is 19.5 Å². The summed E-state index contributed by atoms with van der Waals surface area (Å²) >= 11 is 0. The Morgan fingerprint density at radius 3 is 2.16 bits per heavy atom. The maximum Gasteiger partial charge on any atom is 0.418 e. The van der Waals surface area contributed by atoms with Gasteiger partial charge in [0.1, 0.15) is 11.6 Å². The lowest BCUT2D eigenvalue weighted by Crippen LogP contribution is -2.40. The minimum absolute atomic E-state index is 0.00504. The maximum absolute atomic E-state index is 14.0. The van der Waals surface area contributed by atoms with Crippen molar-refractivity contribution in [2.24, 2.45) is 0 Å². The van der Waals surface area contributed by atoms with Gasteiger partial charge in [0.05, 0.1) is 24.5 Å². The summed E-state index contributed by atoms with van der Waals surface area (Å²) in [4.78, 5) is 31.1. The van der Waals surface area contributed by atoms with Gasteiger partial charge in [0.2, 0.25) is 5.95 Å². The summed E-state index contributed by atoms with van der Waals surface area (Å²) in [5.41, 5.74) is 2.28. The Balaban J connectivity index is 1.16. The molecule has 0 spiro atoms. The number of rotatable bonds is 8. The van der Waals surface area contributed by atoms with E-state index in [9.17, 15) is 27.2 Å². The minimum Gasteiger partial charge on any atom is -0.378 e. The highest BCUT2D eigenvalue weighted by molar-refractivity contribution is 5.95. The second-order valence-electron chi connectivity index (χ2n) is 10.7. The summed E-state index contributed by atoms with van der Waals surface area (Å²) in [7, 11) is 0. The third kappa shape index (κ3) is 7.01. The normalized spacial score (nSPS) is 13.6. The monoisotopic (exact) mass is 617 g/mol. The van der Waals surface area contributed by atoms with Crippen LogP contribution in [0, 0.1) is 5.82 Å². The highest BCUT2D eigenvalue weighted by atomic mass is 19.4. The average Bonchev–Trinajstić information content (AvgIpc) is 3.44. The number of alkyl halides is 3. The van der Waals surface area contributed by atoms with Gasteiger partial charge in [0.25, 0.3) is 5.91 Å². The van der Waals surface area contributed by atoms with Crippen molar-refractivity contribution in [1.29, 1.82) is 0 Å². The number of carbonyl (C=O) groups is 2. The van der Waals surface area contributed by atoms with E-state index in [0.717, 1.165) is 28.3 Å². The first-order valence-electron chi connectivity index (χ1n) is 14.2. The number of carbonyl (C=O) groups excluding carboxylic acids is 2. The number of amides is 1. The van der Waals surface area contributed by atoms with Gasteiger partial charge in [-0.05, 0) is 59.2 Å². The number of pyridine rings is 1. The molecule has 1 amide bonds. The van der Waals surface area contributed by atoms with Crippen molar-refractivity contribution in [2.45, 2.75) is 19.0 Å². The van der Waals surface area contributed by atoms with E-state index in [1.807, 2.05) is 30.3 Å². The summed E-state index contributed by atoms with van der Waals surface area (Å²) in [6.45, 7) is 1.31. The maximum atomic E-state index is 14.0. The Morgan fingerprint density at radius 2 is 1.49 bits per heavy atom. The molecule has 6 rings (SSSR count). The topological polar surface area (TPSA) is 88.8 Å². The first kappa shape index (κ1) is 29.9. The van der Waals surface area contributed by atoms with Crippen LogP contribution >= 0.6 is 0 Å². The summed E-state index contributed by atoms with van der Waals surface area (Å²) < 4.78 is 61.9. The zero-order valence-corrected chi connectivity index (χ0v) is 23.9. The fourth-order valence-corrected chi connectivity index (χ4v) is 5.13. The fraction of sp³-hybridized carbons (Fsp3) is 0.212. The van der Waals surface area contributed by atoms with Crippen LogP contribution in [0.25, 0.3) is 16.8 Å². The number of halogens is 4. The second kappa shape index (κ2) is 12.5. The molecule has 1 aliphatic rings. The van der Waals surface area contributed by atoms with Crippen LogP contribution in [0.4, 0.5) is 29.2 Å². The predicted octanol–water partition coefficient (Wildman–Crippen LogP) is 6.12. The lowest BCUT2D eigenvalue weighted by Gasteiger charge is -2.27. The Kier molecular flexibility index (Phi) is 8.31. The number of ether oxygens (including phenoxy) is 1. The molecule has 45 heavy (non-hydrogen) atoms. The summed E-state index contributed by atoms with van der Waals surface area (Å²) in [6.07, 6.45) is -2.58.